The van der Waals surface area contributed by atoms with Gasteiger partial charge in [0.15, 0.2) is 5.65 Å². The molecule has 6 heteroatoms. The Morgan fingerprint density at radius 3 is 2.89 bits per heavy atom. The minimum absolute atomic E-state index is 0.607. The van der Waals surface area contributed by atoms with Gasteiger partial charge in [-0.15, -0.1) is 5.10 Å². The predicted octanol–water partition coefficient (Wildman–Crippen LogP) is 2.82. The number of aromatic nitrogens is 5. The third kappa shape index (κ3) is 2.02. The largest absolute Gasteiger partial charge is 0.245 e. The number of halogens is 1. The maximum absolute atomic E-state index is 4.51. The quantitative estimate of drug-likeness (QED) is 0.682. The van der Waals surface area contributed by atoms with E-state index in [1.54, 1.807) is 12.3 Å². The second kappa shape index (κ2) is 4.70. The summed E-state index contributed by atoms with van der Waals surface area (Å²) in [6, 6.07) is 3.84. The number of hydrogen-bond donors (Lipinski definition) is 0. The number of nitrogens with zero attached hydrogens (tertiary/aromatic N) is 5. The molecule has 0 aliphatic heterocycles. The van der Waals surface area contributed by atoms with Crippen molar-refractivity contribution < 1.29 is 0 Å². The maximum atomic E-state index is 4.51. The lowest BCUT2D eigenvalue weighted by Gasteiger charge is -2.06. The molecule has 3 aromatic rings. The Hall–Kier alpha value is -1.82. The van der Waals surface area contributed by atoms with Crippen LogP contribution in [0, 0.1) is 6.92 Å². The number of hydrogen-bond acceptors (Lipinski definition) is 4. The fraction of sp³-hybridized carbons (Fsp3) is 0.231. The lowest BCUT2D eigenvalue weighted by Crippen LogP contribution is -1.98. The molecular formula is C13H12BrN5. The van der Waals surface area contributed by atoms with Crippen LogP contribution in [0.1, 0.15) is 18.1 Å². The Balaban J connectivity index is 2.24. The molecule has 0 aromatic carbocycles. The van der Waals surface area contributed by atoms with Crippen molar-refractivity contribution >= 4 is 21.6 Å². The van der Waals surface area contributed by atoms with E-state index in [1.165, 1.54) is 17.5 Å². The van der Waals surface area contributed by atoms with Gasteiger partial charge in [-0.2, -0.15) is 0 Å². The molecule has 0 unspecified atom stereocenters. The van der Waals surface area contributed by atoms with E-state index in [-0.39, 0.29) is 0 Å². The van der Waals surface area contributed by atoms with Gasteiger partial charge in [0.2, 0.25) is 5.82 Å². The van der Waals surface area contributed by atoms with Crippen molar-refractivity contribution in [1.82, 2.24) is 24.6 Å². The van der Waals surface area contributed by atoms with Crippen LogP contribution in [-0.4, -0.2) is 24.6 Å². The van der Waals surface area contributed by atoms with Crippen LogP contribution in [0.25, 0.3) is 17.2 Å². The molecule has 0 amide bonds. The molecule has 96 valence electrons. The zero-order valence-corrected chi connectivity index (χ0v) is 12.2. The van der Waals surface area contributed by atoms with Crippen molar-refractivity contribution in [3.8, 4) is 11.5 Å². The van der Waals surface area contributed by atoms with Crippen LogP contribution in [0.5, 0.6) is 0 Å². The van der Waals surface area contributed by atoms with Crippen molar-refractivity contribution in [1.29, 1.82) is 0 Å². The van der Waals surface area contributed by atoms with Crippen molar-refractivity contribution in [3.63, 3.8) is 0 Å². The first-order valence-electron chi connectivity index (χ1n) is 6.02. The summed E-state index contributed by atoms with van der Waals surface area (Å²) in [6.07, 6.45) is 4.13. The van der Waals surface area contributed by atoms with Gasteiger partial charge >= 0.3 is 0 Å². The van der Waals surface area contributed by atoms with Crippen LogP contribution >= 0.6 is 15.9 Å². The van der Waals surface area contributed by atoms with Crippen LogP contribution in [0.4, 0.5) is 0 Å². The Bertz CT molecular complexity index is 736. The van der Waals surface area contributed by atoms with Gasteiger partial charge < -0.3 is 0 Å². The van der Waals surface area contributed by atoms with Crippen LogP contribution in [-0.2, 0) is 6.42 Å². The maximum Gasteiger partial charge on any atom is 0.200 e. The van der Waals surface area contributed by atoms with Crippen LogP contribution in [0.2, 0.25) is 0 Å². The average molecular weight is 318 g/mol. The summed E-state index contributed by atoms with van der Waals surface area (Å²) in [5, 5.41) is 4.50. The molecule has 5 nitrogen and oxygen atoms in total. The highest BCUT2D eigenvalue weighted by atomic mass is 79.9. The van der Waals surface area contributed by atoms with Gasteiger partial charge in [0.1, 0.15) is 16.6 Å². The normalized spacial score (nSPS) is 11.1. The summed E-state index contributed by atoms with van der Waals surface area (Å²) >= 11 is 3.61. The van der Waals surface area contributed by atoms with E-state index in [4.69, 9.17) is 0 Å². The Morgan fingerprint density at radius 1 is 1.37 bits per heavy atom. The molecule has 19 heavy (non-hydrogen) atoms. The summed E-state index contributed by atoms with van der Waals surface area (Å²) in [6.45, 7) is 4.21. The van der Waals surface area contributed by atoms with Crippen molar-refractivity contribution in [2.24, 2.45) is 0 Å². The highest BCUT2D eigenvalue weighted by molar-refractivity contribution is 9.10. The minimum Gasteiger partial charge on any atom is -0.245 e. The first kappa shape index (κ1) is 12.2. The average Bonchev–Trinajstić information content (AvgIpc) is 2.84. The summed E-state index contributed by atoms with van der Waals surface area (Å²) in [4.78, 5) is 12.6. The van der Waals surface area contributed by atoms with Crippen molar-refractivity contribution in [2.45, 2.75) is 20.3 Å². The first-order valence-corrected chi connectivity index (χ1v) is 6.81. The van der Waals surface area contributed by atoms with E-state index in [0.29, 0.717) is 5.82 Å². The molecule has 0 bridgehead atoms. The Morgan fingerprint density at radius 2 is 2.21 bits per heavy atom. The first-order chi connectivity index (χ1) is 9.20. The molecule has 0 saturated carbocycles. The second-order valence-electron chi connectivity index (χ2n) is 4.25. The third-order valence-corrected chi connectivity index (χ3v) is 3.87. The molecule has 0 aliphatic rings. The highest BCUT2D eigenvalue weighted by Gasteiger charge is 2.13. The van der Waals surface area contributed by atoms with E-state index in [1.807, 2.05) is 10.6 Å². The molecule has 3 heterocycles. The van der Waals surface area contributed by atoms with E-state index in [0.717, 1.165) is 22.4 Å². The number of pyridine rings is 1. The zero-order chi connectivity index (χ0) is 13.4. The predicted molar refractivity (Wildman–Crippen MR) is 75.8 cm³/mol. The van der Waals surface area contributed by atoms with Crippen molar-refractivity contribution in [2.75, 3.05) is 0 Å². The van der Waals surface area contributed by atoms with Gasteiger partial charge in [-0.05, 0) is 52.5 Å². The second-order valence-corrected chi connectivity index (χ2v) is 5.00. The van der Waals surface area contributed by atoms with E-state index < -0.39 is 0 Å². The number of fused-ring (bicyclic) bond motifs is 1. The van der Waals surface area contributed by atoms with Gasteiger partial charge in [0, 0.05) is 6.20 Å². The molecule has 0 aliphatic carbocycles. The van der Waals surface area contributed by atoms with Gasteiger partial charge in [0.05, 0.1) is 0 Å². The Kier molecular flexibility index (Phi) is 3.02. The smallest absolute Gasteiger partial charge is 0.200 e. The number of rotatable bonds is 2. The van der Waals surface area contributed by atoms with Gasteiger partial charge in [-0.1, -0.05) is 6.92 Å². The molecule has 3 rings (SSSR count). The summed E-state index contributed by atoms with van der Waals surface area (Å²) in [7, 11) is 0. The van der Waals surface area contributed by atoms with Crippen molar-refractivity contribution in [3.05, 3.63) is 40.4 Å². The van der Waals surface area contributed by atoms with Gasteiger partial charge in [-0.25, -0.2) is 19.5 Å². The fourth-order valence-corrected chi connectivity index (χ4v) is 2.94. The molecule has 0 saturated heterocycles. The monoisotopic (exact) mass is 317 g/mol. The SMILES string of the molecule is CCc1c(C)cc2nc(-c3ccncn3)nn2c1Br. The molecule has 0 fully saturated rings. The fourth-order valence-electron chi connectivity index (χ4n) is 2.09. The molecule has 0 radical (unpaired) electrons. The molecule has 0 N–H and O–H groups in total. The van der Waals surface area contributed by atoms with Gasteiger partial charge in [0.25, 0.3) is 0 Å². The van der Waals surface area contributed by atoms with Gasteiger partial charge in [-0.3, -0.25) is 0 Å². The molecule has 0 atom stereocenters. The van der Waals surface area contributed by atoms with E-state index in [9.17, 15) is 0 Å². The summed E-state index contributed by atoms with van der Waals surface area (Å²) in [5.74, 6) is 0.607. The highest BCUT2D eigenvalue weighted by Crippen LogP contribution is 2.24. The lowest BCUT2D eigenvalue weighted by molar-refractivity contribution is 0.900. The summed E-state index contributed by atoms with van der Waals surface area (Å²) in [5.41, 5.74) is 3.99. The molecular weight excluding hydrogens is 306 g/mol. The minimum atomic E-state index is 0.607. The molecule has 3 aromatic heterocycles. The molecule has 0 spiro atoms. The van der Waals surface area contributed by atoms with E-state index in [2.05, 4.69) is 49.8 Å². The van der Waals surface area contributed by atoms with Crippen LogP contribution < -0.4 is 0 Å². The summed E-state index contributed by atoms with van der Waals surface area (Å²) < 4.78 is 2.77. The van der Waals surface area contributed by atoms with E-state index >= 15 is 0 Å². The topological polar surface area (TPSA) is 56.0 Å². The Labute approximate surface area is 118 Å². The van der Waals surface area contributed by atoms with Crippen LogP contribution in [0.15, 0.2) is 29.3 Å². The standard InChI is InChI=1S/C13H12BrN5/c1-3-9-8(2)6-11-17-13(18-19(11)12(9)14)10-4-5-15-7-16-10/h4-7H,3H2,1-2H3. The lowest BCUT2D eigenvalue weighted by atomic mass is 10.1. The van der Waals surface area contributed by atoms with Crippen LogP contribution in [0.3, 0.4) is 0 Å². The zero-order valence-electron chi connectivity index (χ0n) is 10.6. The number of aryl methyl sites for hydroxylation is 1. The third-order valence-electron chi connectivity index (χ3n) is 3.05.